The summed E-state index contributed by atoms with van der Waals surface area (Å²) in [6, 6.07) is 7.94. The highest BCUT2D eigenvalue weighted by Crippen LogP contribution is 2.38. The minimum absolute atomic E-state index is 0.0481. The maximum Gasteiger partial charge on any atom is 0.232 e. The zero-order valence-electron chi connectivity index (χ0n) is 16.3. The molecule has 1 atom stereocenters. The van der Waals surface area contributed by atoms with Crippen molar-refractivity contribution in [2.24, 2.45) is 0 Å². The van der Waals surface area contributed by atoms with Crippen molar-refractivity contribution in [2.75, 3.05) is 25.1 Å². The normalized spacial score (nSPS) is 15.6. The first kappa shape index (κ1) is 18.8. The van der Waals surface area contributed by atoms with Crippen LogP contribution in [0.2, 0.25) is 0 Å². The van der Waals surface area contributed by atoms with Crippen LogP contribution in [0.4, 0.5) is 5.95 Å². The summed E-state index contributed by atoms with van der Waals surface area (Å²) in [5.41, 5.74) is 0.923. The number of hydrogen-bond acceptors (Lipinski definition) is 8. The zero-order chi connectivity index (χ0) is 19.5. The average Bonchev–Trinajstić information content (AvgIpc) is 3.35. The van der Waals surface area contributed by atoms with Gasteiger partial charge >= 0.3 is 0 Å². The molecule has 4 rings (SSSR count). The van der Waals surface area contributed by atoms with Crippen LogP contribution in [0.25, 0.3) is 5.69 Å². The van der Waals surface area contributed by atoms with Gasteiger partial charge in [-0.1, -0.05) is 23.9 Å². The first-order valence-electron chi connectivity index (χ1n) is 9.48. The smallest absolute Gasteiger partial charge is 0.232 e. The van der Waals surface area contributed by atoms with E-state index >= 15 is 0 Å². The van der Waals surface area contributed by atoms with E-state index in [1.807, 2.05) is 31.2 Å². The van der Waals surface area contributed by atoms with Gasteiger partial charge in [-0.3, -0.25) is 4.57 Å². The summed E-state index contributed by atoms with van der Waals surface area (Å²) in [7, 11) is 1.68. The largest absolute Gasteiger partial charge is 0.495 e. The molecule has 28 heavy (non-hydrogen) atoms. The lowest BCUT2D eigenvalue weighted by Gasteiger charge is -2.28. The van der Waals surface area contributed by atoms with Crippen LogP contribution in [-0.2, 0) is 0 Å². The van der Waals surface area contributed by atoms with E-state index in [4.69, 9.17) is 9.15 Å². The molecule has 1 aliphatic rings. The van der Waals surface area contributed by atoms with Gasteiger partial charge in [0.15, 0.2) is 5.16 Å². The topological polar surface area (TPSA) is 82.1 Å². The lowest BCUT2D eigenvalue weighted by Crippen LogP contribution is -2.31. The van der Waals surface area contributed by atoms with E-state index in [0.29, 0.717) is 11.8 Å². The number of anilines is 1. The summed E-state index contributed by atoms with van der Waals surface area (Å²) >= 11 is 1.55. The Bertz CT molecular complexity index is 934. The number of para-hydroxylation sites is 2. The van der Waals surface area contributed by atoms with E-state index in [2.05, 4.69) is 29.9 Å². The minimum Gasteiger partial charge on any atom is -0.495 e. The third kappa shape index (κ3) is 3.71. The van der Waals surface area contributed by atoms with Crippen LogP contribution in [0, 0.1) is 6.92 Å². The van der Waals surface area contributed by atoms with Gasteiger partial charge in [0.25, 0.3) is 0 Å². The van der Waals surface area contributed by atoms with Crippen molar-refractivity contribution in [3.8, 4) is 11.4 Å². The van der Waals surface area contributed by atoms with Crippen LogP contribution in [0.1, 0.15) is 43.2 Å². The van der Waals surface area contributed by atoms with Crippen molar-refractivity contribution in [3.05, 3.63) is 36.0 Å². The summed E-state index contributed by atoms with van der Waals surface area (Å²) in [4.78, 5) is 2.30. The molecule has 1 unspecified atom stereocenters. The first-order chi connectivity index (χ1) is 13.7. The van der Waals surface area contributed by atoms with Crippen molar-refractivity contribution < 1.29 is 9.15 Å². The van der Waals surface area contributed by atoms with Gasteiger partial charge in [-0.25, -0.2) is 0 Å². The summed E-state index contributed by atoms with van der Waals surface area (Å²) in [5, 5.41) is 17.8. The molecule has 1 aliphatic heterocycles. The second-order valence-electron chi connectivity index (χ2n) is 6.76. The molecular weight excluding hydrogens is 376 g/mol. The fraction of sp³-hybridized carbons (Fsp3) is 0.474. The number of rotatable bonds is 6. The predicted molar refractivity (Wildman–Crippen MR) is 107 cm³/mol. The van der Waals surface area contributed by atoms with Gasteiger partial charge in [0.2, 0.25) is 17.7 Å². The maximum atomic E-state index is 5.61. The lowest BCUT2D eigenvalue weighted by atomic mass is 10.1. The Hall–Kier alpha value is -2.55. The van der Waals surface area contributed by atoms with Crippen molar-refractivity contribution in [2.45, 2.75) is 43.5 Å². The Morgan fingerprint density at radius 2 is 1.86 bits per heavy atom. The molecule has 0 saturated carbocycles. The maximum absolute atomic E-state index is 5.61. The Morgan fingerprint density at radius 1 is 1.07 bits per heavy atom. The molecule has 0 N–H and O–H groups in total. The third-order valence-corrected chi connectivity index (χ3v) is 5.78. The van der Waals surface area contributed by atoms with Crippen LogP contribution in [0.3, 0.4) is 0 Å². The molecule has 1 fully saturated rings. The molecule has 0 spiro atoms. The van der Waals surface area contributed by atoms with E-state index in [9.17, 15) is 0 Å². The van der Waals surface area contributed by atoms with Gasteiger partial charge in [0.1, 0.15) is 5.75 Å². The van der Waals surface area contributed by atoms with E-state index in [-0.39, 0.29) is 5.25 Å². The quantitative estimate of drug-likeness (QED) is 0.578. The molecule has 3 heterocycles. The molecular formula is C19H24N6O2S. The molecule has 0 bridgehead atoms. The highest BCUT2D eigenvalue weighted by Gasteiger charge is 2.25. The van der Waals surface area contributed by atoms with Crippen molar-refractivity contribution >= 4 is 17.7 Å². The predicted octanol–water partition coefficient (Wildman–Crippen LogP) is 3.81. The Balaban J connectivity index is 1.74. The van der Waals surface area contributed by atoms with Gasteiger partial charge < -0.3 is 14.1 Å². The van der Waals surface area contributed by atoms with Crippen molar-refractivity contribution in [1.29, 1.82) is 0 Å². The minimum atomic E-state index is -0.0481. The molecule has 1 aromatic carbocycles. The molecule has 8 nitrogen and oxygen atoms in total. The van der Waals surface area contributed by atoms with E-state index in [1.54, 1.807) is 25.8 Å². The second kappa shape index (κ2) is 8.22. The standard InChI is InChI=1S/C19H24N6O2S/c1-13(17-21-20-14(2)27-17)28-19-23-22-18(24-11-7-4-8-12-24)25(19)15-9-5-6-10-16(15)26-3/h5-6,9-10,13H,4,7-8,11-12H2,1-3H3. The monoisotopic (exact) mass is 400 g/mol. The second-order valence-corrected chi connectivity index (χ2v) is 8.06. The fourth-order valence-electron chi connectivity index (χ4n) is 3.35. The Labute approximate surface area is 168 Å². The molecule has 3 aromatic rings. The van der Waals surface area contributed by atoms with Gasteiger partial charge in [0, 0.05) is 20.0 Å². The van der Waals surface area contributed by atoms with Gasteiger partial charge in [-0.15, -0.1) is 20.4 Å². The number of aryl methyl sites for hydroxylation is 1. The number of benzene rings is 1. The molecule has 0 aliphatic carbocycles. The molecule has 2 aromatic heterocycles. The Morgan fingerprint density at radius 3 is 2.57 bits per heavy atom. The van der Waals surface area contributed by atoms with Gasteiger partial charge in [-0.05, 0) is 38.3 Å². The van der Waals surface area contributed by atoms with Crippen molar-refractivity contribution in [3.63, 3.8) is 0 Å². The van der Waals surface area contributed by atoms with Crippen LogP contribution in [0.5, 0.6) is 5.75 Å². The Kier molecular flexibility index (Phi) is 5.52. The lowest BCUT2D eigenvalue weighted by molar-refractivity contribution is 0.412. The highest BCUT2D eigenvalue weighted by molar-refractivity contribution is 7.99. The number of hydrogen-bond donors (Lipinski definition) is 0. The molecule has 0 amide bonds. The van der Waals surface area contributed by atoms with Crippen LogP contribution < -0.4 is 9.64 Å². The van der Waals surface area contributed by atoms with Gasteiger partial charge in [0.05, 0.1) is 18.0 Å². The first-order valence-corrected chi connectivity index (χ1v) is 10.4. The van der Waals surface area contributed by atoms with E-state index < -0.39 is 0 Å². The number of aromatic nitrogens is 5. The fourth-order valence-corrected chi connectivity index (χ4v) is 4.23. The molecule has 148 valence electrons. The number of piperidine rings is 1. The highest BCUT2D eigenvalue weighted by atomic mass is 32.2. The summed E-state index contributed by atoms with van der Waals surface area (Å²) in [5.74, 6) is 2.77. The number of ether oxygens (including phenoxy) is 1. The van der Waals surface area contributed by atoms with E-state index in [1.165, 1.54) is 19.3 Å². The van der Waals surface area contributed by atoms with E-state index in [0.717, 1.165) is 35.6 Å². The summed E-state index contributed by atoms with van der Waals surface area (Å²) in [6.45, 7) is 5.78. The van der Waals surface area contributed by atoms with Crippen LogP contribution in [-0.4, -0.2) is 45.2 Å². The summed E-state index contributed by atoms with van der Waals surface area (Å²) in [6.07, 6.45) is 3.59. The van der Waals surface area contributed by atoms with Crippen LogP contribution >= 0.6 is 11.8 Å². The number of methoxy groups -OCH3 is 1. The molecule has 1 saturated heterocycles. The zero-order valence-corrected chi connectivity index (χ0v) is 17.1. The third-order valence-electron chi connectivity index (χ3n) is 4.75. The van der Waals surface area contributed by atoms with Gasteiger partial charge in [-0.2, -0.15) is 0 Å². The van der Waals surface area contributed by atoms with Crippen molar-refractivity contribution in [1.82, 2.24) is 25.0 Å². The van der Waals surface area contributed by atoms with Crippen LogP contribution in [0.15, 0.2) is 33.8 Å². The molecule has 0 radical (unpaired) electrons. The number of nitrogens with zero attached hydrogens (tertiary/aromatic N) is 6. The summed E-state index contributed by atoms with van der Waals surface area (Å²) < 4.78 is 13.3. The average molecular weight is 401 g/mol. The number of thioether (sulfide) groups is 1. The SMILES string of the molecule is COc1ccccc1-n1c(SC(C)c2nnc(C)o2)nnc1N1CCCCC1. The molecule has 9 heteroatoms.